The zero-order valence-corrected chi connectivity index (χ0v) is 18.1. The number of hydrogen-bond donors (Lipinski definition) is 3. The molecule has 0 aromatic heterocycles. The molecule has 158 valence electrons. The van der Waals surface area contributed by atoms with Gasteiger partial charge in [0.15, 0.2) is 5.96 Å². The van der Waals surface area contributed by atoms with Crippen LogP contribution in [0.3, 0.4) is 0 Å². The van der Waals surface area contributed by atoms with E-state index >= 15 is 0 Å². The van der Waals surface area contributed by atoms with Crippen molar-refractivity contribution in [3.05, 3.63) is 35.4 Å². The molecule has 5 heteroatoms. The van der Waals surface area contributed by atoms with Crippen LogP contribution in [0.2, 0.25) is 0 Å². The van der Waals surface area contributed by atoms with Gasteiger partial charge in [-0.3, -0.25) is 4.99 Å². The highest BCUT2D eigenvalue weighted by atomic mass is 16.3. The summed E-state index contributed by atoms with van der Waals surface area (Å²) in [5, 5.41) is 16.4. The summed E-state index contributed by atoms with van der Waals surface area (Å²) in [4.78, 5) is 7.16. The highest BCUT2D eigenvalue weighted by Crippen LogP contribution is 2.15. The molecule has 0 aliphatic carbocycles. The van der Waals surface area contributed by atoms with Gasteiger partial charge in [0.1, 0.15) is 0 Å². The summed E-state index contributed by atoms with van der Waals surface area (Å²) >= 11 is 0. The summed E-state index contributed by atoms with van der Waals surface area (Å²) in [5.41, 5.74) is 2.80. The monoisotopic (exact) mass is 388 g/mol. The second kappa shape index (κ2) is 12.8. The zero-order valence-electron chi connectivity index (χ0n) is 18.1. The van der Waals surface area contributed by atoms with E-state index in [0.29, 0.717) is 5.92 Å². The molecule has 0 radical (unpaired) electrons. The van der Waals surface area contributed by atoms with Gasteiger partial charge >= 0.3 is 0 Å². The first-order valence-corrected chi connectivity index (χ1v) is 11.1. The quantitative estimate of drug-likeness (QED) is 0.327. The number of nitrogens with zero attached hydrogens (tertiary/aromatic N) is 2. The molecule has 1 fully saturated rings. The minimum atomic E-state index is -0.0880. The van der Waals surface area contributed by atoms with Crippen molar-refractivity contribution >= 4 is 5.96 Å². The molecular weight excluding hydrogens is 348 g/mol. The molecule has 1 aliphatic heterocycles. The van der Waals surface area contributed by atoms with Gasteiger partial charge in [0.05, 0.1) is 6.10 Å². The van der Waals surface area contributed by atoms with Crippen LogP contribution in [0.1, 0.15) is 63.5 Å². The average molecular weight is 389 g/mol. The summed E-state index contributed by atoms with van der Waals surface area (Å²) in [6.45, 7) is 12.4. The number of aliphatic hydroxyl groups excluding tert-OH is 1. The van der Waals surface area contributed by atoms with Crippen molar-refractivity contribution in [1.29, 1.82) is 0 Å². The van der Waals surface area contributed by atoms with Gasteiger partial charge in [-0.1, -0.05) is 38.1 Å². The molecule has 28 heavy (non-hydrogen) atoms. The Balaban J connectivity index is 1.64. The maximum atomic E-state index is 9.58. The van der Waals surface area contributed by atoms with E-state index in [1.165, 1.54) is 11.1 Å². The molecule has 5 nitrogen and oxygen atoms in total. The highest BCUT2D eigenvalue weighted by Gasteiger charge is 2.15. The van der Waals surface area contributed by atoms with Crippen LogP contribution >= 0.6 is 0 Å². The zero-order chi connectivity index (χ0) is 20.2. The summed E-state index contributed by atoms with van der Waals surface area (Å²) in [7, 11) is 0. The van der Waals surface area contributed by atoms with Crippen LogP contribution in [0, 0.1) is 0 Å². The van der Waals surface area contributed by atoms with Gasteiger partial charge in [0, 0.05) is 32.7 Å². The Morgan fingerprint density at radius 3 is 2.50 bits per heavy atom. The van der Waals surface area contributed by atoms with Crippen molar-refractivity contribution in [2.75, 3.05) is 39.3 Å². The minimum Gasteiger partial charge on any atom is -0.393 e. The lowest BCUT2D eigenvalue weighted by atomic mass is 10.0. The molecule has 1 aliphatic rings. The first kappa shape index (κ1) is 22.7. The van der Waals surface area contributed by atoms with E-state index in [9.17, 15) is 5.11 Å². The van der Waals surface area contributed by atoms with Crippen molar-refractivity contribution in [3.8, 4) is 0 Å². The van der Waals surface area contributed by atoms with E-state index < -0.39 is 0 Å². The van der Waals surface area contributed by atoms with Gasteiger partial charge in [-0.05, 0) is 62.6 Å². The SMILES string of the molecule is CCNC(=NCCCc1ccc(C(C)C)cc1)NCCCN1CCC(O)CC1. The van der Waals surface area contributed by atoms with E-state index in [1.807, 2.05) is 0 Å². The van der Waals surface area contributed by atoms with Crippen LogP contribution in [-0.2, 0) is 6.42 Å². The predicted molar refractivity (Wildman–Crippen MR) is 119 cm³/mol. The molecule has 0 bridgehead atoms. The Morgan fingerprint density at radius 2 is 1.86 bits per heavy atom. The topological polar surface area (TPSA) is 59.9 Å². The van der Waals surface area contributed by atoms with E-state index in [2.05, 4.69) is 60.6 Å². The Kier molecular flexibility index (Phi) is 10.4. The average Bonchev–Trinajstić information content (AvgIpc) is 2.70. The Morgan fingerprint density at radius 1 is 1.14 bits per heavy atom. The Labute approximate surface area is 171 Å². The predicted octanol–water partition coefficient (Wildman–Crippen LogP) is 3.14. The number of likely N-dealkylation sites (tertiary alicyclic amines) is 1. The molecule has 0 unspecified atom stereocenters. The Bertz CT molecular complexity index is 562. The smallest absolute Gasteiger partial charge is 0.191 e. The summed E-state index contributed by atoms with van der Waals surface area (Å²) < 4.78 is 0. The largest absolute Gasteiger partial charge is 0.393 e. The fourth-order valence-corrected chi connectivity index (χ4v) is 3.54. The summed E-state index contributed by atoms with van der Waals surface area (Å²) in [6, 6.07) is 9.00. The van der Waals surface area contributed by atoms with Gasteiger partial charge < -0.3 is 20.6 Å². The molecule has 3 N–H and O–H groups in total. The van der Waals surface area contributed by atoms with Gasteiger partial charge in [-0.25, -0.2) is 0 Å². The second-order valence-electron chi connectivity index (χ2n) is 8.11. The van der Waals surface area contributed by atoms with Crippen LogP contribution in [0.25, 0.3) is 0 Å². The lowest BCUT2D eigenvalue weighted by molar-refractivity contribution is 0.0823. The van der Waals surface area contributed by atoms with Gasteiger partial charge in [0.2, 0.25) is 0 Å². The molecule has 0 amide bonds. The number of aliphatic hydroxyl groups is 1. The molecule has 0 saturated carbocycles. The third-order valence-electron chi connectivity index (χ3n) is 5.38. The molecule has 2 rings (SSSR count). The van der Waals surface area contributed by atoms with Gasteiger partial charge in [-0.15, -0.1) is 0 Å². The number of guanidine groups is 1. The number of nitrogens with one attached hydrogen (secondary N) is 2. The highest BCUT2D eigenvalue weighted by molar-refractivity contribution is 5.79. The number of aliphatic imine (C=N–C) groups is 1. The van der Waals surface area contributed by atoms with Crippen molar-refractivity contribution in [2.24, 2.45) is 4.99 Å². The molecule has 1 aromatic carbocycles. The van der Waals surface area contributed by atoms with E-state index in [4.69, 9.17) is 4.99 Å². The van der Waals surface area contributed by atoms with E-state index in [0.717, 1.165) is 77.3 Å². The Hall–Kier alpha value is -1.59. The van der Waals surface area contributed by atoms with E-state index in [1.54, 1.807) is 0 Å². The third-order valence-corrected chi connectivity index (χ3v) is 5.38. The van der Waals surface area contributed by atoms with Crippen molar-refractivity contribution in [1.82, 2.24) is 15.5 Å². The van der Waals surface area contributed by atoms with Crippen LogP contribution < -0.4 is 10.6 Å². The first-order valence-electron chi connectivity index (χ1n) is 11.1. The molecule has 0 atom stereocenters. The molecule has 0 spiro atoms. The number of rotatable bonds is 10. The number of piperidine rings is 1. The summed E-state index contributed by atoms with van der Waals surface area (Å²) in [5.74, 6) is 1.51. The maximum absolute atomic E-state index is 9.58. The third kappa shape index (κ3) is 8.61. The standard InChI is InChI=1S/C23H40N4O/c1-4-24-23(26-15-6-16-27-17-12-22(28)13-18-27)25-14-5-7-20-8-10-21(11-9-20)19(2)3/h8-11,19,22,28H,4-7,12-18H2,1-3H3,(H2,24,25,26). The molecule has 1 heterocycles. The summed E-state index contributed by atoms with van der Waals surface area (Å²) in [6.07, 6.45) is 4.98. The van der Waals surface area contributed by atoms with E-state index in [-0.39, 0.29) is 6.10 Å². The fourth-order valence-electron chi connectivity index (χ4n) is 3.54. The van der Waals surface area contributed by atoms with Crippen LogP contribution in [-0.4, -0.2) is 61.3 Å². The van der Waals surface area contributed by atoms with Crippen LogP contribution in [0.4, 0.5) is 0 Å². The number of hydrogen-bond acceptors (Lipinski definition) is 3. The fraction of sp³-hybridized carbons (Fsp3) is 0.696. The minimum absolute atomic E-state index is 0.0880. The first-order chi connectivity index (χ1) is 13.6. The van der Waals surface area contributed by atoms with Crippen LogP contribution in [0.15, 0.2) is 29.3 Å². The van der Waals surface area contributed by atoms with Crippen molar-refractivity contribution in [2.45, 2.75) is 64.9 Å². The second-order valence-corrected chi connectivity index (χ2v) is 8.11. The molecular formula is C23H40N4O. The number of aryl methyl sites for hydroxylation is 1. The molecule has 1 aromatic rings. The lowest BCUT2D eigenvalue weighted by Gasteiger charge is -2.29. The van der Waals surface area contributed by atoms with Gasteiger partial charge in [0.25, 0.3) is 0 Å². The normalized spacial score (nSPS) is 16.5. The lowest BCUT2D eigenvalue weighted by Crippen LogP contribution is -2.40. The van der Waals surface area contributed by atoms with Crippen molar-refractivity contribution in [3.63, 3.8) is 0 Å². The van der Waals surface area contributed by atoms with Crippen LogP contribution in [0.5, 0.6) is 0 Å². The number of benzene rings is 1. The van der Waals surface area contributed by atoms with Crippen molar-refractivity contribution < 1.29 is 5.11 Å². The molecule has 1 saturated heterocycles. The van der Waals surface area contributed by atoms with Gasteiger partial charge in [-0.2, -0.15) is 0 Å². The maximum Gasteiger partial charge on any atom is 0.191 e.